The Morgan fingerprint density at radius 2 is 2.05 bits per heavy atom. The van der Waals surface area contributed by atoms with Crippen molar-refractivity contribution in [2.45, 2.75) is 19.8 Å². The minimum Gasteiger partial charge on any atom is -0.484 e. The lowest BCUT2D eigenvalue weighted by molar-refractivity contribution is -0.123. The lowest BCUT2D eigenvalue weighted by Crippen LogP contribution is -2.29. The topological polar surface area (TPSA) is 38.3 Å². The fourth-order valence-corrected chi connectivity index (χ4v) is 1.77. The summed E-state index contributed by atoms with van der Waals surface area (Å²) >= 11 is 11.5. The molecule has 0 fully saturated rings. The van der Waals surface area contributed by atoms with Crippen LogP contribution in [-0.4, -0.2) is 24.9 Å². The van der Waals surface area contributed by atoms with E-state index in [9.17, 15) is 4.79 Å². The number of halogens is 2. The number of carbonyl (C=O) groups is 1. The third-order valence-corrected chi connectivity index (χ3v) is 3.42. The number of amides is 1. The lowest BCUT2D eigenvalue weighted by atomic mass is 10.1. The number of alkyl halides is 1. The molecule has 1 atom stereocenters. The molecule has 1 unspecified atom stereocenters. The minimum absolute atomic E-state index is 0.0205. The Kier molecular flexibility index (Phi) is 7.68. The van der Waals surface area contributed by atoms with Crippen LogP contribution in [0.2, 0.25) is 5.02 Å². The van der Waals surface area contributed by atoms with Crippen LogP contribution in [0.15, 0.2) is 24.3 Å². The predicted octanol–water partition coefficient (Wildman–Crippen LogP) is 3.49. The highest BCUT2D eigenvalue weighted by Crippen LogP contribution is 2.15. The number of hydrogen-bond donors (Lipinski definition) is 1. The van der Waals surface area contributed by atoms with Gasteiger partial charge >= 0.3 is 0 Å². The Balaban J connectivity index is 2.12. The Morgan fingerprint density at radius 1 is 1.37 bits per heavy atom. The van der Waals surface area contributed by atoms with E-state index in [1.165, 1.54) is 0 Å². The summed E-state index contributed by atoms with van der Waals surface area (Å²) in [5.41, 5.74) is 0. The maximum Gasteiger partial charge on any atom is 0.257 e. The second kappa shape index (κ2) is 9.05. The molecule has 1 rings (SSSR count). The van der Waals surface area contributed by atoms with Gasteiger partial charge in [0.2, 0.25) is 0 Å². The van der Waals surface area contributed by atoms with Gasteiger partial charge < -0.3 is 10.1 Å². The molecule has 3 nitrogen and oxygen atoms in total. The van der Waals surface area contributed by atoms with Gasteiger partial charge in [0, 0.05) is 17.4 Å². The van der Waals surface area contributed by atoms with Gasteiger partial charge in [0.15, 0.2) is 6.61 Å². The van der Waals surface area contributed by atoms with Crippen LogP contribution in [0.25, 0.3) is 0 Å². The maximum absolute atomic E-state index is 11.5. The van der Waals surface area contributed by atoms with Crippen molar-refractivity contribution < 1.29 is 9.53 Å². The van der Waals surface area contributed by atoms with Gasteiger partial charge in [0.1, 0.15) is 5.75 Å². The Bertz CT molecular complexity index is 382. The van der Waals surface area contributed by atoms with Gasteiger partial charge in [-0.3, -0.25) is 4.79 Å². The molecule has 19 heavy (non-hydrogen) atoms. The summed E-state index contributed by atoms with van der Waals surface area (Å²) < 4.78 is 5.33. The van der Waals surface area contributed by atoms with Crippen molar-refractivity contribution in [2.75, 3.05) is 19.0 Å². The van der Waals surface area contributed by atoms with Crippen LogP contribution in [0.5, 0.6) is 5.75 Å². The molecule has 1 aromatic rings. The standard InChI is InChI=1S/C14H19Cl2NO2/c1-11(9-15)3-2-8-17-14(18)10-19-13-6-4-12(16)5-7-13/h4-7,11H,2-3,8-10H2,1H3,(H,17,18). The van der Waals surface area contributed by atoms with Crippen molar-refractivity contribution in [1.82, 2.24) is 5.32 Å². The van der Waals surface area contributed by atoms with Crippen LogP contribution in [0.4, 0.5) is 0 Å². The summed E-state index contributed by atoms with van der Waals surface area (Å²) in [6, 6.07) is 6.92. The SMILES string of the molecule is CC(CCl)CCCNC(=O)COc1ccc(Cl)cc1. The molecule has 5 heteroatoms. The van der Waals surface area contributed by atoms with Crippen molar-refractivity contribution in [2.24, 2.45) is 5.92 Å². The minimum atomic E-state index is -0.117. The van der Waals surface area contributed by atoms with Crippen molar-refractivity contribution in [3.63, 3.8) is 0 Å². The number of carbonyl (C=O) groups excluding carboxylic acids is 1. The van der Waals surface area contributed by atoms with Crippen LogP contribution in [0, 0.1) is 5.92 Å². The van der Waals surface area contributed by atoms with E-state index in [0.717, 1.165) is 12.8 Å². The monoisotopic (exact) mass is 303 g/mol. The van der Waals surface area contributed by atoms with Crippen molar-refractivity contribution in [1.29, 1.82) is 0 Å². The first kappa shape index (κ1) is 16.1. The fraction of sp³-hybridized carbons (Fsp3) is 0.500. The summed E-state index contributed by atoms with van der Waals surface area (Å²) in [6.45, 7) is 2.77. The third kappa shape index (κ3) is 7.28. The molecule has 1 aromatic carbocycles. The molecule has 0 heterocycles. The number of ether oxygens (including phenoxy) is 1. The molecule has 0 aliphatic carbocycles. The van der Waals surface area contributed by atoms with E-state index in [2.05, 4.69) is 12.2 Å². The maximum atomic E-state index is 11.5. The molecule has 0 aliphatic rings. The normalized spacial score (nSPS) is 11.9. The number of hydrogen-bond acceptors (Lipinski definition) is 2. The Labute approximate surface area is 124 Å². The molecular weight excluding hydrogens is 285 g/mol. The first-order valence-corrected chi connectivity index (χ1v) is 7.24. The smallest absolute Gasteiger partial charge is 0.257 e. The Morgan fingerprint density at radius 3 is 2.68 bits per heavy atom. The van der Waals surface area contributed by atoms with Crippen LogP contribution < -0.4 is 10.1 Å². The third-order valence-electron chi connectivity index (χ3n) is 2.64. The largest absolute Gasteiger partial charge is 0.484 e. The summed E-state index contributed by atoms with van der Waals surface area (Å²) in [5.74, 6) is 1.67. The predicted molar refractivity (Wildman–Crippen MR) is 79.1 cm³/mol. The van der Waals surface area contributed by atoms with Crippen LogP contribution >= 0.6 is 23.2 Å². The molecule has 0 aromatic heterocycles. The zero-order chi connectivity index (χ0) is 14.1. The van der Waals surface area contributed by atoms with Gasteiger partial charge in [-0.25, -0.2) is 0 Å². The van der Waals surface area contributed by atoms with E-state index in [0.29, 0.717) is 29.1 Å². The zero-order valence-electron chi connectivity index (χ0n) is 11.0. The number of nitrogens with one attached hydrogen (secondary N) is 1. The average molecular weight is 304 g/mol. The number of benzene rings is 1. The Hall–Kier alpha value is -0.930. The van der Waals surface area contributed by atoms with Crippen molar-refractivity contribution in [3.8, 4) is 5.75 Å². The van der Waals surface area contributed by atoms with Gasteiger partial charge in [-0.05, 0) is 43.0 Å². The van der Waals surface area contributed by atoms with Gasteiger partial charge in [0.05, 0.1) is 0 Å². The average Bonchev–Trinajstić information content (AvgIpc) is 2.42. The van der Waals surface area contributed by atoms with Crippen molar-refractivity contribution in [3.05, 3.63) is 29.3 Å². The molecule has 0 spiro atoms. The molecule has 1 N–H and O–H groups in total. The number of rotatable bonds is 8. The van der Waals surface area contributed by atoms with Gasteiger partial charge in [-0.15, -0.1) is 11.6 Å². The van der Waals surface area contributed by atoms with Crippen molar-refractivity contribution >= 4 is 29.1 Å². The highest BCUT2D eigenvalue weighted by molar-refractivity contribution is 6.30. The van der Waals surface area contributed by atoms with Gasteiger partial charge in [0.25, 0.3) is 5.91 Å². The highest BCUT2D eigenvalue weighted by atomic mass is 35.5. The first-order valence-electron chi connectivity index (χ1n) is 6.33. The zero-order valence-corrected chi connectivity index (χ0v) is 12.5. The molecule has 0 radical (unpaired) electrons. The van der Waals surface area contributed by atoms with E-state index in [1.54, 1.807) is 24.3 Å². The summed E-state index contributed by atoms with van der Waals surface area (Å²) in [4.78, 5) is 11.5. The van der Waals surface area contributed by atoms with Gasteiger partial charge in [-0.2, -0.15) is 0 Å². The molecular formula is C14H19Cl2NO2. The summed E-state index contributed by atoms with van der Waals surface area (Å²) in [6.07, 6.45) is 1.95. The van der Waals surface area contributed by atoms with E-state index < -0.39 is 0 Å². The quantitative estimate of drug-likeness (QED) is 0.590. The molecule has 0 saturated heterocycles. The van der Waals surface area contributed by atoms with Crippen LogP contribution in [0.3, 0.4) is 0 Å². The van der Waals surface area contributed by atoms with Crippen LogP contribution in [-0.2, 0) is 4.79 Å². The molecule has 0 saturated carbocycles. The summed E-state index contributed by atoms with van der Waals surface area (Å²) in [7, 11) is 0. The molecule has 1 amide bonds. The fourth-order valence-electron chi connectivity index (χ4n) is 1.49. The van der Waals surface area contributed by atoms with E-state index in [1.807, 2.05) is 0 Å². The molecule has 0 bridgehead atoms. The lowest BCUT2D eigenvalue weighted by Gasteiger charge is -2.09. The van der Waals surface area contributed by atoms with E-state index in [-0.39, 0.29) is 12.5 Å². The summed E-state index contributed by atoms with van der Waals surface area (Å²) in [5, 5.41) is 3.45. The van der Waals surface area contributed by atoms with Crippen LogP contribution in [0.1, 0.15) is 19.8 Å². The second-order valence-electron chi connectivity index (χ2n) is 4.49. The second-order valence-corrected chi connectivity index (χ2v) is 5.24. The molecule has 106 valence electrons. The van der Waals surface area contributed by atoms with Gasteiger partial charge in [-0.1, -0.05) is 18.5 Å². The van der Waals surface area contributed by atoms with E-state index >= 15 is 0 Å². The molecule has 0 aliphatic heterocycles. The first-order chi connectivity index (χ1) is 9.11. The van der Waals surface area contributed by atoms with E-state index in [4.69, 9.17) is 27.9 Å². The highest BCUT2D eigenvalue weighted by Gasteiger charge is 2.03.